The predicted molar refractivity (Wildman–Crippen MR) is 77.7 cm³/mol. The number of likely N-dealkylation sites (N-methyl/N-ethyl adjacent to an activating group) is 1. The van der Waals surface area contributed by atoms with Crippen LogP contribution in [0.3, 0.4) is 0 Å². The molecule has 0 aromatic heterocycles. The number of aromatic hydroxyl groups is 1. The van der Waals surface area contributed by atoms with E-state index in [-0.39, 0.29) is 23.4 Å². The third-order valence-electron chi connectivity index (χ3n) is 3.73. The predicted octanol–water partition coefficient (Wildman–Crippen LogP) is 1.26. The van der Waals surface area contributed by atoms with Crippen LogP contribution in [0, 0.1) is 0 Å². The van der Waals surface area contributed by atoms with Crippen molar-refractivity contribution in [1.29, 1.82) is 0 Å². The number of rotatable bonds is 2. The van der Waals surface area contributed by atoms with Crippen LogP contribution in [0.25, 0.3) is 0 Å². The van der Waals surface area contributed by atoms with Crippen LogP contribution in [0.5, 0.6) is 5.75 Å². The molecule has 2 rings (SSSR count). The molecule has 1 unspecified atom stereocenters. The van der Waals surface area contributed by atoms with Gasteiger partial charge in [0, 0.05) is 31.4 Å². The molecule has 7 heteroatoms. The van der Waals surface area contributed by atoms with Gasteiger partial charge in [-0.2, -0.15) is 0 Å². The van der Waals surface area contributed by atoms with Crippen LogP contribution in [0.1, 0.15) is 17.3 Å². The molecule has 1 saturated heterocycles. The number of phenols is 1. The average molecular weight is 293 g/mol. The van der Waals surface area contributed by atoms with E-state index in [2.05, 4.69) is 10.2 Å². The van der Waals surface area contributed by atoms with Crippen molar-refractivity contribution in [2.24, 2.45) is 0 Å². The van der Waals surface area contributed by atoms with Gasteiger partial charge in [0.15, 0.2) is 0 Å². The number of piperazine rings is 1. The Kier molecular flexibility index (Phi) is 4.32. The average Bonchev–Trinajstić information content (AvgIpc) is 2.43. The van der Waals surface area contributed by atoms with E-state index >= 15 is 0 Å². The molecule has 1 aromatic carbocycles. The lowest BCUT2D eigenvalue weighted by molar-refractivity contribution is 0.0693. The summed E-state index contributed by atoms with van der Waals surface area (Å²) in [6.45, 7) is 4.08. The highest BCUT2D eigenvalue weighted by atomic mass is 16.4. The van der Waals surface area contributed by atoms with Gasteiger partial charge in [-0.25, -0.2) is 9.59 Å². The molecule has 1 aromatic rings. The third-order valence-corrected chi connectivity index (χ3v) is 3.73. The first-order chi connectivity index (χ1) is 9.88. The number of hydrogen-bond donors (Lipinski definition) is 3. The number of carboxylic acids is 1. The highest BCUT2D eigenvalue weighted by molar-refractivity contribution is 5.95. The number of benzene rings is 1. The summed E-state index contributed by atoms with van der Waals surface area (Å²) in [6, 6.07) is 3.98. The molecular weight excluding hydrogens is 274 g/mol. The number of carbonyl (C=O) groups is 2. The van der Waals surface area contributed by atoms with Crippen LogP contribution < -0.4 is 5.32 Å². The number of nitrogens with one attached hydrogen (secondary N) is 1. The summed E-state index contributed by atoms with van der Waals surface area (Å²) in [5.74, 6) is -1.56. The van der Waals surface area contributed by atoms with Gasteiger partial charge >= 0.3 is 12.0 Å². The van der Waals surface area contributed by atoms with Crippen molar-refractivity contribution in [2.45, 2.75) is 13.0 Å². The Morgan fingerprint density at radius 3 is 2.67 bits per heavy atom. The van der Waals surface area contributed by atoms with Gasteiger partial charge in [0.25, 0.3) is 0 Å². The van der Waals surface area contributed by atoms with Crippen molar-refractivity contribution in [3.05, 3.63) is 23.8 Å². The molecule has 3 N–H and O–H groups in total. The zero-order chi connectivity index (χ0) is 15.6. The van der Waals surface area contributed by atoms with Crippen molar-refractivity contribution in [3.8, 4) is 5.75 Å². The summed E-state index contributed by atoms with van der Waals surface area (Å²) in [6.07, 6.45) is 0. The summed E-state index contributed by atoms with van der Waals surface area (Å²) in [5, 5.41) is 21.1. The minimum Gasteiger partial charge on any atom is -0.507 e. The number of hydrogen-bond acceptors (Lipinski definition) is 4. The number of nitrogens with zero attached hydrogens (tertiary/aromatic N) is 2. The Balaban J connectivity index is 2.06. The molecule has 0 aliphatic carbocycles. The summed E-state index contributed by atoms with van der Waals surface area (Å²) in [4.78, 5) is 27.0. The number of anilines is 1. The SMILES string of the molecule is CC1CN(C(=O)Nc2ccc(O)c(C(=O)O)c2)CCN1C. The van der Waals surface area contributed by atoms with E-state index in [1.54, 1.807) is 4.90 Å². The van der Waals surface area contributed by atoms with Crippen molar-refractivity contribution >= 4 is 17.7 Å². The molecule has 1 fully saturated rings. The van der Waals surface area contributed by atoms with Crippen molar-refractivity contribution in [3.63, 3.8) is 0 Å². The normalized spacial score (nSPS) is 19.3. The van der Waals surface area contributed by atoms with Crippen molar-refractivity contribution < 1.29 is 19.8 Å². The Hall–Kier alpha value is -2.28. The van der Waals surface area contributed by atoms with Gasteiger partial charge in [0.2, 0.25) is 0 Å². The molecule has 21 heavy (non-hydrogen) atoms. The maximum absolute atomic E-state index is 12.2. The second-order valence-corrected chi connectivity index (χ2v) is 5.24. The van der Waals surface area contributed by atoms with Crippen LogP contribution in [0.4, 0.5) is 10.5 Å². The first kappa shape index (κ1) is 15.1. The van der Waals surface area contributed by atoms with Crippen LogP contribution in [0.2, 0.25) is 0 Å². The quantitative estimate of drug-likeness (QED) is 0.714. The second kappa shape index (κ2) is 6.01. The number of aromatic carboxylic acids is 1. The van der Waals surface area contributed by atoms with E-state index in [4.69, 9.17) is 5.11 Å². The molecule has 1 aliphatic rings. The maximum Gasteiger partial charge on any atom is 0.339 e. The Labute approximate surface area is 122 Å². The van der Waals surface area contributed by atoms with Gasteiger partial charge in [-0.15, -0.1) is 0 Å². The number of amides is 2. The molecule has 7 nitrogen and oxygen atoms in total. The van der Waals surface area contributed by atoms with Gasteiger partial charge in [-0.05, 0) is 32.2 Å². The summed E-state index contributed by atoms with van der Waals surface area (Å²) >= 11 is 0. The van der Waals surface area contributed by atoms with Gasteiger partial charge in [-0.1, -0.05) is 0 Å². The highest BCUT2D eigenvalue weighted by Gasteiger charge is 2.24. The summed E-state index contributed by atoms with van der Waals surface area (Å²) in [5.41, 5.74) is 0.112. The molecule has 0 bridgehead atoms. The van der Waals surface area contributed by atoms with Crippen LogP contribution in [-0.4, -0.2) is 64.7 Å². The van der Waals surface area contributed by atoms with E-state index in [9.17, 15) is 14.7 Å². The van der Waals surface area contributed by atoms with E-state index in [0.29, 0.717) is 18.8 Å². The van der Waals surface area contributed by atoms with Crippen molar-refractivity contribution in [1.82, 2.24) is 9.80 Å². The van der Waals surface area contributed by atoms with Crippen LogP contribution in [0.15, 0.2) is 18.2 Å². The maximum atomic E-state index is 12.2. The monoisotopic (exact) mass is 293 g/mol. The fraction of sp³-hybridized carbons (Fsp3) is 0.429. The van der Waals surface area contributed by atoms with Gasteiger partial charge in [0.05, 0.1) is 0 Å². The zero-order valence-electron chi connectivity index (χ0n) is 12.0. The van der Waals surface area contributed by atoms with Crippen LogP contribution >= 0.6 is 0 Å². The Bertz CT molecular complexity index is 561. The molecule has 2 amide bonds. The summed E-state index contributed by atoms with van der Waals surface area (Å²) < 4.78 is 0. The first-order valence-electron chi connectivity index (χ1n) is 6.71. The number of carboxylic acid groups (broad SMARTS) is 1. The van der Waals surface area contributed by atoms with E-state index < -0.39 is 5.97 Å². The lowest BCUT2D eigenvalue weighted by Gasteiger charge is -2.37. The molecule has 1 heterocycles. The molecule has 1 atom stereocenters. The molecular formula is C14H19N3O4. The number of urea groups is 1. The molecule has 114 valence electrons. The second-order valence-electron chi connectivity index (χ2n) is 5.24. The fourth-order valence-corrected chi connectivity index (χ4v) is 2.22. The highest BCUT2D eigenvalue weighted by Crippen LogP contribution is 2.22. The molecule has 1 aliphatic heterocycles. The largest absolute Gasteiger partial charge is 0.507 e. The summed E-state index contributed by atoms with van der Waals surface area (Å²) in [7, 11) is 2.01. The first-order valence-corrected chi connectivity index (χ1v) is 6.71. The van der Waals surface area contributed by atoms with Crippen molar-refractivity contribution in [2.75, 3.05) is 32.0 Å². The molecule has 0 radical (unpaired) electrons. The fourth-order valence-electron chi connectivity index (χ4n) is 2.22. The minimum absolute atomic E-state index is 0.237. The van der Waals surface area contributed by atoms with Gasteiger partial charge in [-0.3, -0.25) is 0 Å². The topological polar surface area (TPSA) is 93.1 Å². The zero-order valence-corrected chi connectivity index (χ0v) is 12.0. The van der Waals surface area contributed by atoms with Gasteiger partial charge < -0.3 is 25.3 Å². The smallest absolute Gasteiger partial charge is 0.339 e. The van der Waals surface area contributed by atoms with E-state index in [0.717, 1.165) is 6.54 Å². The van der Waals surface area contributed by atoms with E-state index in [1.807, 2.05) is 14.0 Å². The minimum atomic E-state index is -1.24. The lowest BCUT2D eigenvalue weighted by Crippen LogP contribution is -2.53. The Morgan fingerprint density at radius 2 is 2.05 bits per heavy atom. The van der Waals surface area contributed by atoms with E-state index in [1.165, 1.54) is 18.2 Å². The number of carbonyl (C=O) groups excluding carboxylic acids is 1. The molecule has 0 saturated carbocycles. The third kappa shape index (κ3) is 3.43. The molecule has 0 spiro atoms. The lowest BCUT2D eigenvalue weighted by atomic mass is 10.2. The standard InChI is InChI=1S/C14H19N3O4/c1-9-8-17(6-5-16(9)2)14(21)15-10-3-4-12(18)11(7-10)13(19)20/h3-4,7,9,18H,5-6,8H2,1-2H3,(H,15,21)(H,19,20). The van der Waals surface area contributed by atoms with Crippen LogP contribution in [-0.2, 0) is 0 Å². The Morgan fingerprint density at radius 1 is 1.33 bits per heavy atom. The van der Waals surface area contributed by atoms with Gasteiger partial charge in [0.1, 0.15) is 11.3 Å².